The Morgan fingerprint density at radius 1 is 1.29 bits per heavy atom. The van der Waals surface area contributed by atoms with Crippen LogP contribution in [0.3, 0.4) is 0 Å². The minimum Gasteiger partial charge on any atom is -0.378 e. The van der Waals surface area contributed by atoms with Crippen LogP contribution in [0.5, 0.6) is 0 Å². The lowest BCUT2D eigenvalue weighted by Crippen LogP contribution is -2.45. The van der Waals surface area contributed by atoms with E-state index in [0.29, 0.717) is 32.8 Å². The molecular formula is C17H27N5O2. The largest absolute Gasteiger partial charge is 0.378 e. The standard InChI is InChI=1S/C17H27N5O2/c1-13-18-14(11-16(19-13)20(2)3)15-5-4-6-22(15)12-17(23)21-7-9-24-10-8-21/h11,15H,4-10,12H2,1-3H3/t15-/m0/s1. The van der Waals surface area contributed by atoms with Crippen LogP contribution >= 0.6 is 0 Å². The highest BCUT2D eigenvalue weighted by Crippen LogP contribution is 2.31. The second-order valence-electron chi connectivity index (χ2n) is 6.71. The summed E-state index contributed by atoms with van der Waals surface area (Å²) in [5, 5.41) is 0. The third-order valence-corrected chi connectivity index (χ3v) is 4.71. The van der Waals surface area contributed by atoms with Gasteiger partial charge in [-0.2, -0.15) is 0 Å². The summed E-state index contributed by atoms with van der Waals surface area (Å²) in [6.07, 6.45) is 2.14. The van der Waals surface area contributed by atoms with Gasteiger partial charge in [0, 0.05) is 33.3 Å². The molecule has 2 fully saturated rings. The molecule has 0 N–H and O–H groups in total. The van der Waals surface area contributed by atoms with Crippen molar-refractivity contribution >= 4 is 11.7 Å². The Balaban J connectivity index is 1.72. The zero-order chi connectivity index (χ0) is 17.1. The molecule has 1 atom stereocenters. The van der Waals surface area contributed by atoms with Crippen molar-refractivity contribution in [3.63, 3.8) is 0 Å². The van der Waals surface area contributed by atoms with Gasteiger partial charge in [-0.05, 0) is 26.3 Å². The van der Waals surface area contributed by atoms with E-state index in [4.69, 9.17) is 4.74 Å². The fourth-order valence-corrected chi connectivity index (χ4v) is 3.41. The van der Waals surface area contributed by atoms with Crippen LogP contribution in [0.15, 0.2) is 6.07 Å². The van der Waals surface area contributed by atoms with Crippen molar-refractivity contribution in [3.8, 4) is 0 Å². The van der Waals surface area contributed by atoms with Crippen LogP contribution in [0.4, 0.5) is 5.82 Å². The van der Waals surface area contributed by atoms with Gasteiger partial charge in [-0.25, -0.2) is 9.97 Å². The first-order valence-corrected chi connectivity index (χ1v) is 8.67. The van der Waals surface area contributed by atoms with Crippen LogP contribution in [0.1, 0.15) is 30.4 Å². The van der Waals surface area contributed by atoms with Gasteiger partial charge in [0.1, 0.15) is 11.6 Å². The molecule has 3 rings (SSSR count). The van der Waals surface area contributed by atoms with Gasteiger partial charge in [-0.15, -0.1) is 0 Å². The maximum Gasteiger partial charge on any atom is 0.236 e. The number of hydrogen-bond acceptors (Lipinski definition) is 6. The minimum atomic E-state index is 0.198. The third kappa shape index (κ3) is 3.84. The summed E-state index contributed by atoms with van der Waals surface area (Å²) in [4.78, 5) is 27.8. The van der Waals surface area contributed by atoms with Gasteiger partial charge in [-0.1, -0.05) is 0 Å². The van der Waals surface area contributed by atoms with Crippen molar-refractivity contribution in [2.24, 2.45) is 0 Å². The van der Waals surface area contributed by atoms with Crippen LogP contribution < -0.4 is 4.90 Å². The predicted octanol–water partition coefficient (Wildman–Crippen LogP) is 0.847. The maximum atomic E-state index is 12.6. The van der Waals surface area contributed by atoms with Crippen molar-refractivity contribution in [1.82, 2.24) is 19.8 Å². The van der Waals surface area contributed by atoms with E-state index in [-0.39, 0.29) is 11.9 Å². The number of ether oxygens (including phenoxy) is 1. The number of likely N-dealkylation sites (tertiary alicyclic amines) is 1. The molecule has 24 heavy (non-hydrogen) atoms. The number of aromatic nitrogens is 2. The summed E-state index contributed by atoms with van der Waals surface area (Å²) < 4.78 is 5.33. The molecule has 0 spiro atoms. The molecule has 0 aliphatic carbocycles. The molecule has 0 aromatic carbocycles. The number of amides is 1. The number of rotatable bonds is 4. The van der Waals surface area contributed by atoms with Crippen molar-refractivity contribution in [2.75, 3.05) is 58.4 Å². The van der Waals surface area contributed by atoms with Crippen molar-refractivity contribution in [3.05, 3.63) is 17.6 Å². The summed E-state index contributed by atoms with van der Waals surface area (Å²) in [5.41, 5.74) is 1.03. The average molecular weight is 333 g/mol. The van der Waals surface area contributed by atoms with Gasteiger partial charge in [0.05, 0.1) is 31.5 Å². The van der Waals surface area contributed by atoms with Crippen molar-refractivity contribution < 1.29 is 9.53 Å². The topological polar surface area (TPSA) is 61.8 Å². The number of aryl methyl sites for hydroxylation is 1. The summed E-state index contributed by atoms with van der Waals surface area (Å²) in [6.45, 7) is 6.03. The lowest BCUT2D eigenvalue weighted by Gasteiger charge is -2.30. The lowest BCUT2D eigenvalue weighted by atomic mass is 10.1. The van der Waals surface area contributed by atoms with Gasteiger partial charge in [0.15, 0.2) is 0 Å². The van der Waals surface area contributed by atoms with Crippen molar-refractivity contribution in [1.29, 1.82) is 0 Å². The average Bonchev–Trinajstić information content (AvgIpc) is 3.03. The second-order valence-corrected chi connectivity index (χ2v) is 6.71. The normalized spacial score (nSPS) is 22.0. The first-order chi connectivity index (χ1) is 11.5. The van der Waals surface area contributed by atoms with Gasteiger partial charge in [-0.3, -0.25) is 9.69 Å². The van der Waals surface area contributed by atoms with Gasteiger partial charge in [0.25, 0.3) is 0 Å². The fraction of sp³-hybridized carbons (Fsp3) is 0.706. The van der Waals surface area contributed by atoms with E-state index in [1.165, 1.54) is 0 Å². The Morgan fingerprint density at radius 3 is 2.75 bits per heavy atom. The summed E-state index contributed by atoms with van der Waals surface area (Å²) in [6, 6.07) is 2.25. The first-order valence-electron chi connectivity index (χ1n) is 8.67. The zero-order valence-corrected chi connectivity index (χ0v) is 14.9. The molecule has 1 aromatic rings. The van der Waals surface area contributed by atoms with E-state index >= 15 is 0 Å². The number of morpholine rings is 1. The van der Waals surface area contributed by atoms with E-state index < -0.39 is 0 Å². The molecule has 3 heterocycles. The summed E-state index contributed by atoms with van der Waals surface area (Å²) in [7, 11) is 3.97. The maximum absolute atomic E-state index is 12.6. The highest BCUT2D eigenvalue weighted by atomic mass is 16.5. The zero-order valence-electron chi connectivity index (χ0n) is 14.9. The van der Waals surface area contributed by atoms with Crippen LogP contribution in [0, 0.1) is 6.92 Å². The third-order valence-electron chi connectivity index (χ3n) is 4.71. The second kappa shape index (κ2) is 7.44. The van der Waals surface area contributed by atoms with Crippen LogP contribution in [-0.4, -0.2) is 79.2 Å². The quantitative estimate of drug-likeness (QED) is 0.814. The SMILES string of the molecule is Cc1nc([C@@H]2CCCN2CC(=O)N2CCOCC2)cc(N(C)C)n1. The predicted molar refractivity (Wildman–Crippen MR) is 92.0 cm³/mol. The number of carbonyl (C=O) groups excluding carboxylic acids is 1. The van der Waals surface area contributed by atoms with E-state index in [2.05, 4.69) is 20.9 Å². The molecule has 1 amide bonds. The monoisotopic (exact) mass is 333 g/mol. The Labute approximate surface area is 143 Å². The number of hydrogen-bond donors (Lipinski definition) is 0. The Hall–Kier alpha value is -1.73. The number of anilines is 1. The van der Waals surface area contributed by atoms with Crippen LogP contribution in [-0.2, 0) is 9.53 Å². The van der Waals surface area contributed by atoms with Gasteiger partial charge >= 0.3 is 0 Å². The Bertz CT molecular complexity index is 586. The molecule has 0 unspecified atom stereocenters. The van der Waals surface area contributed by atoms with Crippen molar-refractivity contribution in [2.45, 2.75) is 25.8 Å². The molecule has 2 aliphatic rings. The molecule has 7 heteroatoms. The number of carbonyl (C=O) groups is 1. The first kappa shape index (κ1) is 17.1. The van der Waals surface area contributed by atoms with E-state index in [0.717, 1.165) is 36.7 Å². The molecule has 2 aliphatic heterocycles. The van der Waals surface area contributed by atoms with Gasteiger partial charge < -0.3 is 14.5 Å². The van der Waals surface area contributed by atoms with Crippen LogP contribution in [0.25, 0.3) is 0 Å². The number of nitrogens with zero attached hydrogens (tertiary/aromatic N) is 5. The molecular weight excluding hydrogens is 306 g/mol. The molecule has 7 nitrogen and oxygen atoms in total. The van der Waals surface area contributed by atoms with Gasteiger partial charge in [0.2, 0.25) is 5.91 Å². The molecule has 0 bridgehead atoms. The smallest absolute Gasteiger partial charge is 0.236 e. The molecule has 1 aromatic heterocycles. The molecule has 132 valence electrons. The van der Waals surface area contributed by atoms with E-state index in [9.17, 15) is 4.79 Å². The Kier molecular flexibility index (Phi) is 5.30. The summed E-state index contributed by atoms with van der Waals surface area (Å²) in [5.74, 6) is 1.90. The highest BCUT2D eigenvalue weighted by Gasteiger charge is 2.31. The lowest BCUT2D eigenvalue weighted by molar-refractivity contribution is -0.136. The van der Waals surface area contributed by atoms with E-state index in [1.807, 2.05) is 30.8 Å². The molecule has 2 saturated heterocycles. The van der Waals surface area contributed by atoms with Crippen LogP contribution in [0.2, 0.25) is 0 Å². The highest BCUT2D eigenvalue weighted by molar-refractivity contribution is 5.78. The van der Waals surface area contributed by atoms with E-state index in [1.54, 1.807) is 0 Å². The minimum absolute atomic E-state index is 0.198. The molecule has 0 saturated carbocycles. The summed E-state index contributed by atoms with van der Waals surface area (Å²) >= 11 is 0. The fourth-order valence-electron chi connectivity index (χ4n) is 3.41. The Morgan fingerprint density at radius 2 is 2.04 bits per heavy atom. The molecule has 0 radical (unpaired) electrons.